The monoisotopic (exact) mass is 282 g/mol. The lowest BCUT2D eigenvalue weighted by molar-refractivity contribution is 0.100. The maximum atomic E-state index is 11.3. The van der Waals surface area contributed by atoms with Crippen LogP contribution in [0.5, 0.6) is 5.75 Å². The minimum absolute atomic E-state index is 0.224. The van der Waals surface area contributed by atoms with Crippen LogP contribution in [0.15, 0.2) is 42.7 Å². The molecule has 6 nitrogen and oxygen atoms in total. The van der Waals surface area contributed by atoms with Crippen LogP contribution < -0.4 is 16.2 Å². The van der Waals surface area contributed by atoms with E-state index in [1.165, 1.54) is 6.20 Å². The van der Waals surface area contributed by atoms with E-state index >= 15 is 0 Å². The SMILES string of the molecule is COc1ccc(-c2cc3c(N)c(C(N)=O)cnn3c2)cc1. The van der Waals surface area contributed by atoms with Crippen LogP contribution in [-0.4, -0.2) is 22.6 Å². The molecule has 3 rings (SSSR count). The van der Waals surface area contributed by atoms with E-state index in [0.717, 1.165) is 16.9 Å². The number of nitrogens with two attached hydrogens (primary N) is 2. The van der Waals surface area contributed by atoms with Gasteiger partial charge in [-0.2, -0.15) is 5.10 Å². The summed E-state index contributed by atoms with van der Waals surface area (Å²) < 4.78 is 6.76. The minimum atomic E-state index is -0.588. The zero-order valence-electron chi connectivity index (χ0n) is 11.4. The topological polar surface area (TPSA) is 95.6 Å². The van der Waals surface area contributed by atoms with Crippen LogP contribution in [-0.2, 0) is 0 Å². The highest BCUT2D eigenvalue weighted by Crippen LogP contribution is 2.27. The number of methoxy groups -OCH3 is 1. The molecule has 1 amide bonds. The Hall–Kier alpha value is -3.02. The summed E-state index contributed by atoms with van der Waals surface area (Å²) in [6.45, 7) is 0. The maximum Gasteiger partial charge on any atom is 0.252 e. The van der Waals surface area contributed by atoms with Gasteiger partial charge >= 0.3 is 0 Å². The van der Waals surface area contributed by atoms with Gasteiger partial charge in [0.25, 0.3) is 5.91 Å². The Morgan fingerprint density at radius 3 is 2.57 bits per heavy atom. The van der Waals surface area contributed by atoms with Gasteiger partial charge in [-0.15, -0.1) is 0 Å². The van der Waals surface area contributed by atoms with Crippen molar-refractivity contribution >= 4 is 17.1 Å². The quantitative estimate of drug-likeness (QED) is 0.764. The first kappa shape index (κ1) is 13.0. The smallest absolute Gasteiger partial charge is 0.252 e. The van der Waals surface area contributed by atoms with Gasteiger partial charge in [-0.05, 0) is 23.8 Å². The van der Waals surface area contributed by atoms with Gasteiger partial charge in [0.1, 0.15) is 5.75 Å². The third kappa shape index (κ3) is 2.16. The van der Waals surface area contributed by atoms with E-state index in [0.29, 0.717) is 11.2 Å². The molecule has 6 heteroatoms. The van der Waals surface area contributed by atoms with Gasteiger partial charge in [0.2, 0.25) is 0 Å². The molecular weight excluding hydrogens is 268 g/mol. The highest BCUT2D eigenvalue weighted by Gasteiger charge is 2.12. The number of ether oxygens (including phenoxy) is 1. The van der Waals surface area contributed by atoms with Gasteiger partial charge in [0, 0.05) is 11.8 Å². The molecule has 0 bridgehead atoms. The first-order valence-corrected chi connectivity index (χ1v) is 6.31. The van der Waals surface area contributed by atoms with E-state index in [9.17, 15) is 4.79 Å². The van der Waals surface area contributed by atoms with Gasteiger partial charge in [0.15, 0.2) is 0 Å². The molecule has 0 radical (unpaired) electrons. The molecule has 1 aromatic carbocycles. The third-order valence-corrected chi connectivity index (χ3v) is 3.37. The molecule has 0 saturated heterocycles. The Labute approximate surface area is 120 Å². The van der Waals surface area contributed by atoms with Crippen molar-refractivity contribution in [3.05, 3.63) is 48.3 Å². The highest BCUT2D eigenvalue weighted by molar-refractivity contribution is 6.01. The normalized spacial score (nSPS) is 10.7. The number of nitrogens with zero attached hydrogens (tertiary/aromatic N) is 2. The lowest BCUT2D eigenvalue weighted by Gasteiger charge is -2.02. The fraction of sp³-hybridized carbons (Fsp3) is 0.0667. The highest BCUT2D eigenvalue weighted by atomic mass is 16.5. The maximum absolute atomic E-state index is 11.3. The molecule has 0 unspecified atom stereocenters. The van der Waals surface area contributed by atoms with Crippen molar-refractivity contribution in [2.45, 2.75) is 0 Å². The summed E-state index contributed by atoms with van der Waals surface area (Å²) in [5, 5.41) is 4.15. The van der Waals surface area contributed by atoms with Crippen LogP contribution in [0.3, 0.4) is 0 Å². The molecule has 0 saturated carbocycles. The molecule has 0 fully saturated rings. The van der Waals surface area contributed by atoms with Crippen molar-refractivity contribution in [1.82, 2.24) is 9.61 Å². The van der Waals surface area contributed by atoms with Crippen LogP contribution in [0, 0.1) is 0 Å². The Bertz CT molecular complexity index is 822. The molecule has 4 N–H and O–H groups in total. The Balaban J connectivity index is 2.12. The van der Waals surface area contributed by atoms with Crippen LogP contribution >= 0.6 is 0 Å². The van der Waals surface area contributed by atoms with Crippen molar-refractivity contribution in [2.24, 2.45) is 5.73 Å². The van der Waals surface area contributed by atoms with Crippen LogP contribution in [0.2, 0.25) is 0 Å². The molecule has 0 aliphatic carbocycles. The molecule has 0 aliphatic rings. The first-order valence-electron chi connectivity index (χ1n) is 6.31. The molecule has 0 spiro atoms. The summed E-state index contributed by atoms with van der Waals surface area (Å²) in [6.07, 6.45) is 3.22. The zero-order valence-corrected chi connectivity index (χ0v) is 11.4. The first-order chi connectivity index (χ1) is 10.1. The van der Waals surface area contributed by atoms with E-state index in [-0.39, 0.29) is 5.56 Å². The largest absolute Gasteiger partial charge is 0.497 e. The predicted octanol–water partition coefficient (Wildman–Crippen LogP) is 1.69. The van der Waals surface area contributed by atoms with Gasteiger partial charge in [0.05, 0.1) is 30.1 Å². The van der Waals surface area contributed by atoms with Crippen molar-refractivity contribution in [1.29, 1.82) is 0 Å². The van der Waals surface area contributed by atoms with Crippen LogP contribution in [0.25, 0.3) is 16.6 Å². The van der Waals surface area contributed by atoms with Crippen LogP contribution in [0.4, 0.5) is 5.69 Å². The second-order valence-electron chi connectivity index (χ2n) is 4.62. The molecular formula is C15H14N4O2. The number of aromatic nitrogens is 2. The summed E-state index contributed by atoms with van der Waals surface area (Å²) in [7, 11) is 1.62. The van der Waals surface area contributed by atoms with Crippen molar-refractivity contribution in [2.75, 3.05) is 12.8 Å². The summed E-state index contributed by atoms with van der Waals surface area (Å²) in [4.78, 5) is 11.3. The van der Waals surface area contributed by atoms with Gasteiger partial charge < -0.3 is 16.2 Å². The number of fused-ring (bicyclic) bond motifs is 1. The molecule has 2 aromatic heterocycles. The fourth-order valence-electron chi connectivity index (χ4n) is 2.21. The lowest BCUT2D eigenvalue weighted by Crippen LogP contribution is -2.15. The molecule has 106 valence electrons. The Morgan fingerprint density at radius 1 is 1.24 bits per heavy atom. The van der Waals surface area contributed by atoms with E-state index < -0.39 is 5.91 Å². The summed E-state index contributed by atoms with van der Waals surface area (Å²) in [5.41, 5.74) is 14.4. The molecule has 0 aliphatic heterocycles. The molecule has 3 aromatic rings. The zero-order chi connectivity index (χ0) is 15.0. The average molecular weight is 282 g/mol. The fourth-order valence-corrected chi connectivity index (χ4v) is 2.21. The number of amides is 1. The summed E-state index contributed by atoms with van der Waals surface area (Å²) in [6, 6.07) is 9.51. The molecule has 2 heterocycles. The number of hydrogen-bond donors (Lipinski definition) is 2. The predicted molar refractivity (Wildman–Crippen MR) is 80.1 cm³/mol. The molecule has 0 atom stereocenters. The standard InChI is InChI=1S/C15H14N4O2/c1-21-11-4-2-9(3-5-11)10-6-13-14(16)12(15(17)20)7-18-19(13)8-10/h2-8H,16H2,1H3,(H2,17,20). The average Bonchev–Trinajstić information content (AvgIpc) is 2.92. The second kappa shape index (κ2) is 4.82. The number of benzene rings is 1. The number of carbonyl (C=O) groups is 1. The summed E-state index contributed by atoms with van der Waals surface area (Å²) >= 11 is 0. The van der Waals surface area contributed by atoms with E-state index in [2.05, 4.69) is 5.10 Å². The number of nitrogen functional groups attached to an aromatic ring is 1. The second-order valence-corrected chi connectivity index (χ2v) is 4.62. The van der Waals surface area contributed by atoms with Gasteiger partial charge in [-0.1, -0.05) is 12.1 Å². The minimum Gasteiger partial charge on any atom is -0.497 e. The number of carbonyl (C=O) groups excluding carboxylic acids is 1. The number of rotatable bonds is 3. The number of anilines is 1. The van der Waals surface area contributed by atoms with Crippen molar-refractivity contribution < 1.29 is 9.53 Å². The number of hydrogen-bond acceptors (Lipinski definition) is 4. The van der Waals surface area contributed by atoms with E-state index in [4.69, 9.17) is 16.2 Å². The van der Waals surface area contributed by atoms with Gasteiger partial charge in [-0.3, -0.25) is 4.79 Å². The van der Waals surface area contributed by atoms with E-state index in [1.54, 1.807) is 11.6 Å². The molecule has 21 heavy (non-hydrogen) atoms. The summed E-state index contributed by atoms with van der Waals surface area (Å²) in [5.74, 6) is 0.200. The lowest BCUT2D eigenvalue weighted by atomic mass is 10.1. The van der Waals surface area contributed by atoms with Crippen molar-refractivity contribution in [3.8, 4) is 16.9 Å². The van der Waals surface area contributed by atoms with E-state index in [1.807, 2.05) is 36.5 Å². The Kier molecular flexibility index (Phi) is 2.98. The Morgan fingerprint density at radius 2 is 1.95 bits per heavy atom. The van der Waals surface area contributed by atoms with Gasteiger partial charge in [-0.25, -0.2) is 4.52 Å². The van der Waals surface area contributed by atoms with Crippen LogP contribution in [0.1, 0.15) is 10.4 Å². The number of primary amides is 1. The third-order valence-electron chi connectivity index (χ3n) is 3.37. The van der Waals surface area contributed by atoms with Crippen molar-refractivity contribution in [3.63, 3.8) is 0 Å².